The van der Waals surface area contributed by atoms with Crippen LogP contribution < -0.4 is 5.32 Å². The van der Waals surface area contributed by atoms with E-state index in [0.717, 1.165) is 37.1 Å². The molecule has 0 bridgehead atoms. The summed E-state index contributed by atoms with van der Waals surface area (Å²) in [6.07, 6.45) is 6.55. The number of nitrogens with one attached hydrogen (secondary N) is 1. The van der Waals surface area contributed by atoms with Gasteiger partial charge in [0.1, 0.15) is 0 Å². The quantitative estimate of drug-likeness (QED) is 0.816. The van der Waals surface area contributed by atoms with Crippen LogP contribution in [-0.2, 0) is 6.42 Å². The maximum absolute atomic E-state index is 5.96. The Labute approximate surface area is 126 Å². The molecule has 0 unspecified atom stereocenters. The summed E-state index contributed by atoms with van der Waals surface area (Å²) in [5.41, 5.74) is 4.99. The molecule has 1 aromatic carbocycles. The second-order valence-electron chi connectivity index (χ2n) is 6.22. The van der Waals surface area contributed by atoms with E-state index >= 15 is 0 Å². The topological polar surface area (TPSA) is 38.1 Å². The molecule has 1 aliphatic carbocycles. The van der Waals surface area contributed by atoms with Gasteiger partial charge in [-0.25, -0.2) is 4.98 Å². The van der Waals surface area contributed by atoms with Crippen molar-refractivity contribution < 1.29 is 4.42 Å². The lowest BCUT2D eigenvalue weighted by Gasteiger charge is -2.08. The van der Waals surface area contributed by atoms with E-state index in [0.29, 0.717) is 0 Å². The van der Waals surface area contributed by atoms with Crippen LogP contribution >= 0.6 is 0 Å². The minimum Gasteiger partial charge on any atom is -0.441 e. The zero-order valence-electron chi connectivity index (χ0n) is 13.2. The summed E-state index contributed by atoms with van der Waals surface area (Å²) in [5.74, 6) is 1.75. The average molecular weight is 284 g/mol. The largest absolute Gasteiger partial charge is 0.441 e. The van der Waals surface area contributed by atoms with E-state index in [2.05, 4.69) is 43.2 Å². The minimum atomic E-state index is 0.781. The molecule has 1 aliphatic rings. The molecule has 1 N–H and O–H groups in total. The first-order valence-corrected chi connectivity index (χ1v) is 7.90. The number of benzene rings is 1. The van der Waals surface area contributed by atoms with E-state index in [9.17, 15) is 0 Å². The van der Waals surface area contributed by atoms with Crippen LogP contribution in [0.1, 0.15) is 41.8 Å². The zero-order chi connectivity index (χ0) is 14.8. The van der Waals surface area contributed by atoms with Crippen LogP contribution in [0.25, 0.3) is 11.3 Å². The number of nitrogens with zero attached hydrogens (tertiary/aromatic N) is 1. The van der Waals surface area contributed by atoms with Gasteiger partial charge in [0.15, 0.2) is 11.7 Å². The predicted octanol–water partition coefficient (Wildman–Crippen LogP) is 3.95. The molecule has 3 rings (SSSR count). The fourth-order valence-electron chi connectivity index (χ4n) is 2.94. The van der Waals surface area contributed by atoms with E-state index in [1.54, 1.807) is 0 Å². The molecule has 0 spiro atoms. The average Bonchev–Trinajstić information content (AvgIpc) is 3.13. The van der Waals surface area contributed by atoms with E-state index in [4.69, 9.17) is 4.42 Å². The maximum atomic E-state index is 5.96. The van der Waals surface area contributed by atoms with Gasteiger partial charge in [-0.2, -0.15) is 0 Å². The smallest absolute Gasteiger partial charge is 0.194 e. The molecule has 3 nitrogen and oxygen atoms in total. The van der Waals surface area contributed by atoms with Crippen LogP contribution in [0.4, 0.5) is 0 Å². The third-order valence-corrected chi connectivity index (χ3v) is 4.05. The molecule has 0 radical (unpaired) electrons. The van der Waals surface area contributed by atoms with Crippen molar-refractivity contribution >= 4 is 0 Å². The van der Waals surface area contributed by atoms with Gasteiger partial charge in [0.2, 0.25) is 0 Å². The third-order valence-electron chi connectivity index (χ3n) is 4.05. The number of oxazole rings is 1. The van der Waals surface area contributed by atoms with Gasteiger partial charge >= 0.3 is 0 Å². The molecule has 0 atom stereocenters. The van der Waals surface area contributed by atoms with Crippen molar-refractivity contribution in [1.82, 2.24) is 10.3 Å². The summed E-state index contributed by atoms with van der Waals surface area (Å²) < 4.78 is 5.96. The van der Waals surface area contributed by atoms with E-state index < -0.39 is 0 Å². The highest BCUT2D eigenvalue weighted by Crippen LogP contribution is 2.29. The molecule has 2 aromatic rings. The first kappa shape index (κ1) is 14.3. The number of aryl methyl sites for hydroxylation is 4. The molecule has 112 valence electrons. The molecule has 0 saturated heterocycles. The van der Waals surface area contributed by atoms with Gasteiger partial charge in [-0.3, -0.25) is 0 Å². The van der Waals surface area contributed by atoms with Gasteiger partial charge in [-0.05, 0) is 57.7 Å². The van der Waals surface area contributed by atoms with E-state index in [-0.39, 0.29) is 0 Å². The van der Waals surface area contributed by atoms with Gasteiger partial charge in [0, 0.05) is 18.0 Å². The Morgan fingerprint density at radius 3 is 2.57 bits per heavy atom. The molecule has 3 heteroatoms. The van der Waals surface area contributed by atoms with Crippen molar-refractivity contribution in [2.45, 2.75) is 52.5 Å². The SMILES string of the molecule is Cc1cc(C)c(-c2cnc(CCCNC3CC3)o2)c(C)c1. The van der Waals surface area contributed by atoms with Crippen LogP contribution in [0.2, 0.25) is 0 Å². The van der Waals surface area contributed by atoms with Crippen LogP contribution in [0.5, 0.6) is 0 Å². The fraction of sp³-hybridized carbons (Fsp3) is 0.500. The van der Waals surface area contributed by atoms with Crippen molar-refractivity contribution in [2.24, 2.45) is 0 Å². The van der Waals surface area contributed by atoms with Crippen molar-refractivity contribution in [2.75, 3.05) is 6.54 Å². The van der Waals surface area contributed by atoms with E-state index in [1.165, 1.54) is 35.1 Å². The summed E-state index contributed by atoms with van der Waals surface area (Å²) in [6.45, 7) is 7.46. The lowest BCUT2D eigenvalue weighted by atomic mass is 9.98. The lowest BCUT2D eigenvalue weighted by Crippen LogP contribution is -2.17. The molecule has 0 aliphatic heterocycles. The Morgan fingerprint density at radius 1 is 1.19 bits per heavy atom. The molecular formula is C18H24N2O. The highest BCUT2D eigenvalue weighted by atomic mass is 16.4. The summed E-state index contributed by atoms with van der Waals surface area (Å²) in [5, 5.41) is 3.52. The first-order valence-electron chi connectivity index (χ1n) is 7.90. The Hall–Kier alpha value is -1.61. The number of hydrogen-bond acceptors (Lipinski definition) is 3. The van der Waals surface area contributed by atoms with Crippen molar-refractivity contribution in [3.8, 4) is 11.3 Å². The normalized spacial score (nSPS) is 14.6. The molecule has 1 fully saturated rings. The third kappa shape index (κ3) is 3.53. The maximum Gasteiger partial charge on any atom is 0.194 e. The van der Waals surface area contributed by atoms with Crippen molar-refractivity contribution in [1.29, 1.82) is 0 Å². The molecule has 21 heavy (non-hydrogen) atoms. The lowest BCUT2D eigenvalue weighted by molar-refractivity contribution is 0.491. The summed E-state index contributed by atoms with van der Waals surface area (Å²) in [4.78, 5) is 4.44. The first-order chi connectivity index (χ1) is 10.1. The van der Waals surface area contributed by atoms with Crippen LogP contribution in [0.3, 0.4) is 0 Å². The van der Waals surface area contributed by atoms with Gasteiger partial charge in [-0.1, -0.05) is 17.7 Å². The Balaban J connectivity index is 1.66. The highest BCUT2D eigenvalue weighted by Gasteiger charge is 2.19. The monoisotopic (exact) mass is 284 g/mol. The minimum absolute atomic E-state index is 0.781. The summed E-state index contributed by atoms with van der Waals surface area (Å²) in [7, 11) is 0. The Kier molecular flexibility index (Phi) is 4.11. The zero-order valence-corrected chi connectivity index (χ0v) is 13.2. The number of rotatable bonds is 6. The molecule has 0 amide bonds. The second kappa shape index (κ2) is 6.02. The van der Waals surface area contributed by atoms with Gasteiger partial charge in [0.25, 0.3) is 0 Å². The van der Waals surface area contributed by atoms with Crippen LogP contribution in [-0.4, -0.2) is 17.6 Å². The Morgan fingerprint density at radius 2 is 1.90 bits per heavy atom. The highest BCUT2D eigenvalue weighted by molar-refractivity contribution is 5.66. The predicted molar refractivity (Wildman–Crippen MR) is 85.5 cm³/mol. The molecular weight excluding hydrogens is 260 g/mol. The van der Waals surface area contributed by atoms with Gasteiger partial charge in [-0.15, -0.1) is 0 Å². The molecule has 1 saturated carbocycles. The van der Waals surface area contributed by atoms with Crippen LogP contribution in [0, 0.1) is 20.8 Å². The standard InChI is InChI=1S/C18H24N2O/c1-12-9-13(2)18(14(3)10-12)16-11-20-17(21-16)5-4-8-19-15-6-7-15/h9-11,15,19H,4-8H2,1-3H3. The summed E-state index contributed by atoms with van der Waals surface area (Å²) in [6, 6.07) is 5.18. The fourth-order valence-corrected chi connectivity index (χ4v) is 2.94. The number of hydrogen-bond donors (Lipinski definition) is 1. The second-order valence-corrected chi connectivity index (χ2v) is 6.22. The van der Waals surface area contributed by atoms with Crippen molar-refractivity contribution in [3.05, 3.63) is 40.9 Å². The van der Waals surface area contributed by atoms with Crippen LogP contribution in [0.15, 0.2) is 22.7 Å². The summed E-state index contributed by atoms with van der Waals surface area (Å²) >= 11 is 0. The molecule has 1 aromatic heterocycles. The van der Waals surface area contributed by atoms with Gasteiger partial charge in [0.05, 0.1) is 6.20 Å². The van der Waals surface area contributed by atoms with Gasteiger partial charge < -0.3 is 9.73 Å². The van der Waals surface area contributed by atoms with Crippen molar-refractivity contribution in [3.63, 3.8) is 0 Å². The molecule has 1 heterocycles. The Bertz CT molecular complexity index is 603. The number of aromatic nitrogens is 1. The van der Waals surface area contributed by atoms with E-state index in [1.807, 2.05) is 6.20 Å².